The predicted molar refractivity (Wildman–Crippen MR) is 122 cm³/mol. The molecule has 3 saturated carbocycles. The van der Waals surface area contributed by atoms with E-state index < -0.39 is 40.8 Å². The minimum absolute atomic E-state index is 0.0140. The van der Waals surface area contributed by atoms with Gasteiger partial charge in [0, 0.05) is 19.4 Å². The Labute approximate surface area is 201 Å². The number of carbonyl (C=O) groups excluding carboxylic acids is 3. The largest absolute Gasteiger partial charge is 0.481 e. The Bertz CT molecular complexity index is 854. The highest BCUT2D eigenvalue weighted by Gasteiger charge is 2.61. The number of fused-ring (bicyclic) bond motifs is 1. The Balaban J connectivity index is 1.44. The highest BCUT2D eigenvalue weighted by Crippen LogP contribution is 2.57. The lowest BCUT2D eigenvalue weighted by atomic mass is 9.77. The van der Waals surface area contributed by atoms with Gasteiger partial charge in [0.1, 0.15) is 6.10 Å². The van der Waals surface area contributed by atoms with Gasteiger partial charge in [-0.05, 0) is 48.9 Å². The lowest BCUT2D eigenvalue weighted by Gasteiger charge is -2.35. The number of aliphatic carboxylic acids is 1. The van der Waals surface area contributed by atoms with Gasteiger partial charge in [-0.25, -0.2) is 0 Å². The van der Waals surface area contributed by atoms with Crippen LogP contribution < -0.4 is 0 Å². The van der Waals surface area contributed by atoms with Gasteiger partial charge < -0.3 is 19.8 Å². The molecule has 4 fully saturated rings. The molecule has 0 aromatic carbocycles. The van der Waals surface area contributed by atoms with Gasteiger partial charge in [0.2, 0.25) is 5.91 Å². The molecule has 0 aromatic heterocycles. The fourth-order valence-electron chi connectivity index (χ4n) is 6.38. The molecule has 3 aliphatic carbocycles. The van der Waals surface area contributed by atoms with Crippen molar-refractivity contribution in [2.24, 2.45) is 34.5 Å². The lowest BCUT2D eigenvalue weighted by Crippen LogP contribution is -2.48. The number of esters is 1. The zero-order valence-electron chi connectivity index (χ0n) is 20.8. The van der Waals surface area contributed by atoms with E-state index in [1.54, 1.807) is 0 Å². The first-order valence-electron chi connectivity index (χ1n) is 12.8. The van der Waals surface area contributed by atoms with Crippen molar-refractivity contribution in [3.8, 4) is 0 Å². The van der Waals surface area contributed by atoms with E-state index in [0.717, 1.165) is 12.8 Å². The summed E-state index contributed by atoms with van der Waals surface area (Å²) in [5.74, 6) is -1.39. The third kappa shape index (κ3) is 4.88. The average molecular weight is 478 g/mol. The highest BCUT2D eigenvalue weighted by atomic mass is 16.5. The van der Waals surface area contributed by atoms with Crippen LogP contribution in [0.1, 0.15) is 79.1 Å². The Kier molecular flexibility index (Phi) is 6.60. The SMILES string of the molecule is CC[C@@H]1C[C@]1(CC(=O)[C@@H]1C[C@@H](O)CN1C(=O)[C@@H](CC(=O)OC1CC2C[C@H]2C1)C(C)(C)C)C(=O)O. The molecule has 4 rings (SSSR count). The van der Waals surface area contributed by atoms with E-state index in [-0.39, 0.29) is 49.5 Å². The number of nitrogens with zero attached hydrogens (tertiary/aromatic N) is 1. The normalized spacial score (nSPS) is 37.1. The van der Waals surface area contributed by atoms with E-state index in [9.17, 15) is 29.4 Å². The minimum Gasteiger partial charge on any atom is -0.481 e. The van der Waals surface area contributed by atoms with Crippen molar-refractivity contribution < 1.29 is 34.1 Å². The number of Topliss-reactive ketones (excluding diaryl/α,β-unsaturated/α-hetero) is 1. The number of carbonyl (C=O) groups is 4. The van der Waals surface area contributed by atoms with Crippen molar-refractivity contribution in [2.75, 3.05) is 6.54 Å². The number of hydrogen-bond acceptors (Lipinski definition) is 6. The molecule has 8 heteroatoms. The topological polar surface area (TPSA) is 121 Å². The van der Waals surface area contributed by atoms with Crippen LogP contribution in [0.25, 0.3) is 0 Å². The molecule has 0 bridgehead atoms. The zero-order valence-corrected chi connectivity index (χ0v) is 20.8. The Hall–Kier alpha value is -1.96. The fraction of sp³-hybridized carbons (Fsp3) is 0.846. The molecule has 1 saturated heterocycles. The molecule has 190 valence electrons. The summed E-state index contributed by atoms with van der Waals surface area (Å²) in [6, 6.07) is -0.861. The Morgan fingerprint density at radius 3 is 2.26 bits per heavy atom. The van der Waals surface area contributed by atoms with Crippen molar-refractivity contribution in [1.82, 2.24) is 4.90 Å². The van der Waals surface area contributed by atoms with Crippen LogP contribution in [0.5, 0.6) is 0 Å². The van der Waals surface area contributed by atoms with Gasteiger partial charge >= 0.3 is 11.9 Å². The van der Waals surface area contributed by atoms with Crippen molar-refractivity contribution in [1.29, 1.82) is 0 Å². The molecule has 2 N–H and O–H groups in total. The number of ketones is 1. The summed E-state index contributed by atoms with van der Waals surface area (Å²) < 4.78 is 5.68. The zero-order chi connectivity index (χ0) is 25.0. The van der Waals surface area contributed by atoms with Gasteiger partial charge in [0.25, 0.3) is 0 Å². The number of β-amino-alcohol motifs (C(OH)–C–C–N with tert-alkyl or cyclic N) is 1. The maximum absolute atomic E-state index is 13.7. The average Bonchev–Trinajstić information content (AvgIpc) is 3.56. The van der Waals surface area contributed by atoms with Crippen LogP contribution in [0.3, 0.4) is 0 Å². The highest BCUT2D eigenvalue weighted by molar-refractivity contribution is 5.95. The first kappa shape index (κ1) is 25.1. The third-order valence-corrected chi connectivity index (χ3v) is 8.79. The van der Waals surface area contributed by atoms with Crippen LogP contribution in [0.15, 0.2) is 0 Å². The number of likely N-dealkylation sites (tertiary alicyclic amines) is 1. The summed E-state index contributed by atoms with van der Waals surface area (Å²) in [5.41, 5.74) is -1.61. The van der Waals surface area contributed by atoms with Crippen LogP contribution in [0.4, 0.5) is 0 Å². The Morgan fingerprint density at radius 2 is 1.74 bits per heavy atom. The summed E-state index contributed by atoms with van der Waals surface area (Å²) in [5, 5.41) is 20.0. The van der Waals surface area contributed by atoms with Crippen molar-refractivity contribution >= 4 is 23.6 Å². The first-order valence-corrected chi connectivity index (χ1v) is 12.8. The molecule has 0 radical (unpaired) electrons. The van der Waals surface area contributed by atoms with Gasteiger partial charge in [-0.2, -0.15) is 0 Å². The minimum atomic E-state index is -1.05. The van der Waals surface area contributed by atoms with E-state index in [1.807, 2.05) is 27.7 Å². The molecule has 0 spiro atoms. The molecular formula is C26H39NO7. The Morgan fingerprint density at radius 1 is 1.09 bits per heavy atom. The van der Waals surface area contributed by atoms with E-state index in [0.29, 0.717) is 24.7 Å². The summed E-state index contributed by atoms with van der Waals surface area (Å²) in [6.07, 6.45) is 3.18. The smallest absolute Gasteiger partial charge is 0.310 e. The summed E-state index contributed by atoms with van der Waals surface area (Å²) in [6.45, 7) is 7.57. The molecule has 1 heterocycles. The summed E-state index contributed by atoms with van der Waals surface area (Å²) in [7, 11) is 0. The van der Waals surface area contributed by atoms with Crippen LogP contribution in [0, 0.1) is 34.5 Å². The molecule has 1 amide bonds. The van der Waals surface area contributed by atoms with Gasteiger partial charge in [-0.1, -0.05) is 34.1 Å². The number of aliphatic hydroxyl groups is 1. The number of amides is 1. The molecule has 8 atom stereocenters. The maximum atomic E-state index is 13.7. The van der Waals surface area contributed by atoms with Crippen LogP contribution in [-0.4, -0.2) is 63.5 Å². The van der Waals surface area contributed by atoms with Gasteiger partial charge in [0.05, 0.1) is 29.9 Å². The third-order valence-electron chi connectivity index (χ3n) is 8.79. The molecule has 1 aliphatic heterocycles. The molecular weight excluding hydrogens is 438 g/mol. The predicted octanol–water partition coefficient (Wildman–Crippen LogP) is 2.80. The van der Waals surface area contributed by atoms with Gasteiger partial charge in [-0.3, -0.25) is 19.2 Å². The van der Waals surface area contributed by atoms with E-state index in [2.05, 4.69) is 0 Å². The lowest BCUT2D eigenvalue weighted by molar-refractivity contribution is -0.157. The molecule has 8 nitrogen and oxygen atoms in total. The number of aliphatic hydroxyl groups excluding tert-OH is 1. The van der Waals surface area contributed by atoms with E-state index >= 15 is 0 Å². The fourth-order valence-corrected chi connectivity index (χ4v) is 6.38. The maximum Gasteiger partial charge on any atom is 0.310 e. The molecule has 2 unspecified atom stereocenters. The first-order chi connectivity index (χ1) is 15.9. The van der Waals surface area contributed by atoms with E-state index in [1.165, 1.54) is 11.3 Å². The van der Waals surface area contributed by atoms with Crippen LogP contribution in [0.2, 0.25) is 0 Å². The van der Waals surface area contributed by atoms with Gasteiger partial charge in [0.15, 0.2) is 5.78 Å². The van der Waals surface area contributed by atoms with Crippen molar-refractivity contribution in [3.05, 3.63) is 0 Å². The monoisotopic (exact) mass is 477 g/mol. The number of rotatable bonds is 9. The molecule has 34 heavy (non-hydrogen) atoms. The second-order valence-corrected chi connectivity index (χ2v) is 12.3. The number of ether oxygens (including phenoxy) is 1. The second kappa shape index (κ2) is 8.92. The summed E-state index contributed by atoms with van der Waals surface area (Å²) >= 11 is 0. The number of carboxylic acids is 1. The number of hydrogen-bond donors (Lipinski definition) is 2. The number of carboxylic acid groups (broad SMARTS) is 1. The standard InChI is InChI=1S/C26H39NO7/c1-5-16-11-26(16,24(32)33)12-21(29)20-9-17(28)13-27(20)23(31)19(25(2,3)4)10-22(30)34-18-7-14-6-15(14)8-18/h14-20,28H,5-13H2,1-4H3,(H,32,33)/t14-,15?,16+,17+,18?,19+,20-,26+/m0/s1. The quantitative estimate of drug-likeness (QED) is 0.490. The van der Waals surface area contributed by atoms with Crippen LogP contribution in [-0.2, 0) is 23.9 Å². The van der Waals surface area contributed by atoms with E-state index in [4.69, 9.17) is 4.74 Å². The van der Waals surface area contributed by atoms with Crippen molar-refractivity contribution in [3.63, 3.8) is 0 Å². The second-order valence-electron chi connectivity index (χ2n) is 12.3. The van der Waals surface area contributed by atoms with Gasteiger partial charge in [-0.15, -0.1) is 0 Å². The molecule has 4 aliphatic rings. The van der Waals surface area contributed by atoms with Crippen LogP contribution >= 0.6 is 0 Å². The van der Waals surface area contributed by atoms with Crippen molar-refractivity contribution in [2.45, 2.75) is 97.3 Å². The summed E-state index contributed by atoms with van der Waals surface area (Å²) in [4.78, 5) is 52.9. The molecule has 0 aromatic rings.